The molecule has 0 aliphatic carbocycles. The Morgan fingerprint density at radius 2 is 1.97 bits per heavy atom. The van der Waals surface area contributed by atoms with E-state index in [0.717, 1.165) is 55.3 Å². The fourth-order valence-electron chi connectivity index (χ4n) is 3.39. The third-order valence-corrected chi connectivity index (χ3v) is 7.77. The molecular formula is C21H20Cl2N2O2S3. The number of carbonyl (C=O) groups is 1. The Labute approximate surface area is 199 Å². The Morgan fingerprint density at radius 3 is 2.73 bits per heavy atom. The average Bonchev–Trinajstić information content (AvgIpc) is 3.29. The van der Waals surface area contributed by atoms with Gasteiger partial charge in [0.2, 0.25) is 0 Å². The number of benzene rings is 1. The maximum atomic E-state index is 12.9. The van der Waals surface area contributed by atoms with Gasteiger partial charge in [0.1, 0.15) is 4.32 Å². The molecule has 9 heteroatoms. The van der Waals surface area contributed by atoms with Crippen LogP contribution in [0.5, 0.6) is 0 Å². The molecule has 4 nitrogen and oxygen atoms in total. The second kappa shape index (κ2) is 10.1. The highest BCUT2D eigenvalue weighted by Gasteiger charge is 2.31. The number of rotatable bonds is 6. The Balaban J connectivity index is 1.40. The molecule has 0 spiro atoms. The number of morpholine rings is 1. The minimum absolute atomic E-state index is 0.00791. The number of carbonyl (C=O) groups excluding carboxylic acids is 1. The van der Waals surface area contributed by atoms with Gasteiger partial charge in [-0.1, -0.05) is 53.2 Å². The molecule has 2 aliphatic rings. The molecule has 1 aromatic carbocycles. The highest BCUT2D eigenvalue weighted by molar-refractivity contribution is 8.26. The van der Waals surface area contributed by atoms with Crippen LogP contribution in [0.3, 0.4) is 0 Å². The van der Waals surface area contributed by atoms with E-state index in [-0.39, 0.29) is 5.91 Å². The number of hydrogen-bond donors (Lipinski definition) is 0. The van der Waals surface area contributed by atoms with Crippen molar-refractivity contribution in [3.8, 4) is 11.1 Å². The molecule has 1 aromatic heterocycles. The summed E-state index contributed by atoms with van der Waals surface area (Å²) in [4.78, 5) is 18.6. The van der Waals surface area contributed by atoms with Crippen LogP contribution < -0.4 is 0 Å². The number of amides is 1. The predicted molar refractivity (Wildman–Crippen MR) is 132 cm³/mol. The summed E-state index contributed by atoms with van der Waals surface area (Å²) < 4.78 is 6.01. The molecule has 0 N–H and O–H groups in total. The Kier molecular flexibility index (Phi) is 7.52. The second-order valence-corrected chi connectivity index (χ2v) is 10.5. The highest BCUT2D eigenvalue weighted by atomic mass is 35.5. The smallest absolute Gasteiger partial charge is 0.266 e. The predicted octanol–water partition coefficient (Wildman–Crippen LogP) is 5.65. The van der Waals surface area contributed by atoms with Crippen molar-refractivity contribution in [3.63, 3.8) is 0 Å². The van der Waals surface area contributed by atoms with Gasteiger partial charge in [-0.25, -0.2) is 0 Å². The normalized spacial score (nSPS) is 19.3. The van der Waals surface area contributed by atoms with Crippen LogP contribution in [0.4, 0.5) is 0 Å². The molecule has 0 unspecified atom stereocenters. The zero-order valence-electron chi connectivity index (χ0n) is 16.1. The molecular weight excluding hydrogens is 479 g/mol. The fraction of sp³-hybridized carbons (Fsp3) is 0.333. The minimum Gasteiger partial charge on any atom is -0.379 e. The number of thiocarbonyl (C=S) groups is 1. The molecule has 0 radical (unpaired) electrons. The van der Waals surface area contributed by atoms with Crippen molar-refractivity contribution < 1.29 is 9.53 Å². The number of hydrogen-bond acceptors (Lipinski definition) is 6. The van der Waals surface area contributed by atoms with Crippen molar-refractivity contribution in [3.05, 3.63) is 49.5 Å². The molecule has 4 rings (SSSR count). The van der Waals surface area contributed by atoms with Crippen LogP contribution in [0.25, 0.3) is 17.2 Å². The van der Waals surface area contributed by atoms with E-state index in [1.165, 1.54) is 11.8 Å². The summed E-state index contributed by atoms with van der Waals surface area (Å²) in [5.41, 5.74) is 1.93. The van der Waals surface area contributed by atoms with Gasteiger partial charge in [-0.15, -0.1) is 11.3 Å². The van der Waals surface area contributed by atoms with Gasteiger partial charge in [0.25, 0.3) is 5.91 Å². The molecule has 2 aliphatic heterocycles. The summed E-state index contributed by atoms with van der Waals surface area (Å²) in [7, 11) is 0. The van der Waals surface area contributed by atoms with Gasteiger partial charge in [-0.05, 0) is 41.6 Å². The standard InChI is InChI=1S/C21H20Cl2N2O2S3/c22-15-2-3-17(18(23)11-15)14-10-16(29-13-14)12-19-20(26)25(21(28)30-19)5-1-4-24-6-8-27-9-7-24/h2-3,10-13H,1,4-9H2. The van der Waals surface area contributed by atoms with Crippen LogP contribution in [-0.2, 0) is 9.53 Å². The lowest BCUT2D eigenvalue weighted by molar-refractivity contribution is -0.122. The van der Waals surface area contributed by atoms with E-state index in [4.69, 9.17) is 40.2 Å². The SMILES string of the molecule is O=C1C(=Cc2cc(-c3ccc(Cl)cc3Cl)cs2)SC(=S)N1CCCN1CCOCC1. The summed E-state index contributed by atoms with van der Waals surface area (Å²) in [6.07, 6.45) is 2.82. The molecule has 2 aromatic rings. The first-order chi connectivity index (χ1) is 14.5. The first-order valence-corrected chi connectivity index (χ1v) is 12.5. The van der Waals surface area contributed by atoms with Crippen molar-refractivity contribution in [2.45, 2.75) is 6.42 Å². The topological polar surface area (TPSA) is 32.8 Å². The summed E-state index contributed by atoms with van der Waals surface area (Å²) >= 11 is 20.7. The number of thioether (sulfide) groups is 1. The molecule has 2 saturated heterocycles. The second-order valence-electron chi connectivity index (χ2n) is 7.00. The zero-order valence-corrected chi connectivity index (χ0v) is 20.1. The zero-order chi connectivity index (χ0) is 21.1. The van der Waals surface area contributed by atoms with Crippen molar-refractivity contribution in [2.75, 3.05) is 39.4 Å². The van der Waals surface area contributed by atoms with Crippen LogP contribution in [0.1, 0.15) is 11.3 Å². The largest absolute Gasteiger partial charge is 0.379 e. The fourth-order valence-corrected chi connectivity index (χ4v) is 6.12. The molecule has 158 valence electrons. The average molecular weight is 500 g/mol. The van der Waals surface area contributed by atoms with Crippen LogP contribution in [0.15, 0.2) is 34.6 Å². The molecule has 3 heterocycles. The third kappa shape index (κ3) is 5.27. The van der Waals surface area contributed by atoms with Gasteiger partial charge in [0.05, 0.1) is 18.1 Å². The van der Waals surface area contributed by atoms with Crippen LogP contribution in [0, 0.1) is 0 Å². The van der Waals surface area contributed by atoms with E-state index in [2.05, 4.69) is 4.90 Å². The molecule has 0 atom stereocenters. The van der Waals surface area contributed by atoms with Crippen LogP contribution in [0.2, 0.25) is 10.0 Å². The lowest BCUT2D eigenvalue weighted by atomic mass is 10.1. The van der Waals surface area contributed by atoms with E-state index in [1.54, 1.807) is 22.3 Å². The quantitative estimate of drug-likeness (QED) is 0.379. The van der Waals surface area contributed by atoms with E-state index >= 15 is 0 Å². The van der Waals surface area contributed by atoms with E-state index in [0.29, 0.717) is 25.8 Å². The number of nitrogens with zero attached hydrogens (tertiary/aromatic N) is 2. The van der Waals surface area contributed by atoms with Gasteiger partial charge in [0.15, 0.2) is 0 Å². The van der Waals surface area contributed by atoms with E-state index in [9.17, 15) is 4.79 Å². The van der Waals surface area contributed by atoms with Crippen molar-refractivity contribution >= 4 is 74.8 Å². The first-order valence-electron chi connectivity index (χ1n) is 9.61. The van der Waals surface area contributed by atoms with Gasteiger partial charge in [-0.2, -0.15) is 0 Å². The minimum atomic E-state index is -0.00791. The summed E-state index contributed by atoms with van der Waals surface area (Å²) in [5, 5.41) is 3.25. The molecule has 0 bridgehead atoms. The lowest BCUT2D eigenvalue weighted by Crippen LogP contribution is -2.38. The molecule has 1 amide bonds. The van der Waals surface area contributed by atoms with Gasteiger partial charge in [-0.3, -0.25) is 14.6 Å². The van der Waals surface area contributed by atoms with Crippen molar-refractivity contribution in [1.29, 1.82) is 0 Å². The van der Waals surface area contributed by atoms with E-state index < -0.39 is 0 Å². The summed E-state index contributed by atoms with van der Waals surface area (Å²) in [5.74, 6) is -0.00791. The number of halogens is 2. The number of ether oxygens (including phenoxy) is 1. The monoisotopic (exact) mass is 498 g/mol. The van der Waals surface area contributed by atoms with Crippen LogP contribution in [-0.4, -0.2) is 59.4 Å². The van der Waals surface area contributed by atoms with E-state index in [1.807, 2.05) is 29.7 Å². The number of thiophene rings is 1. The van der Waals surface area contributed by atoms with Gasteiger partial charge >= 0.3 is 0 Å². The van der Waals surface area contributed by atoms with Crippen LogP contribution >= 0.6 is 58.5 Å². The molecule has 0 saturated carbocycles. The first kappa shape index (κ1) is 22.3. The Hall–Kier alpha value is -0.930. The third-order valence-electron chi connectivity index (χ3n) is 4.97. The molecule has 2 fully saturated rings. The Morgan fingerprint density at radius 1 is 1.17 bits per heavy atom. The summed E-state index contributed by atoms with van der Waals surface area (Å²) in [6.45, 7) is 5.08. The summed E-state index contributed by atoms with van der Waals surface area (Å²) in [6, 6.07) is 7.50. The highest BCUT2D eigenvalue weighted by Crippen LogP contribution is 2.37. The maximum Gasteiger partial charge on any atom is 0.266 e. The van der Waals surface area contributed by atoms with Crippen molar-refractivity contribution in [2.24, 2.45) is 0 Å². The van der Waals surface area contributed by atoms with Gasteiger partial charge in [0, 0.05) is 46.7 Å². The van der Waals surface area contributed by atoms with Gasteiger partial charge < -0.3 is 4.74 Å². The Bertz CT molecular complexity index is 986. The maximum absolute atomic E-state index is 12.9. The lowest BCUT2D eigenvalue weighted by Gasteiger charge is -2.27. The van der Waals surface area contributed by atoms with Crippen molar-refractivity contribution in [1.82, 2.24) is 9.80 Å². The molecule has 30 heavy (non-hydrogen) atoms.